The Kier molecular flexibility index (Phi) is 5.92. The van der Waals surface area contributed by atoms with Crippen LogP contribution in [0.2, 0.25) is 0 Å². The molecule has 2 aliphatic rings. The highest BCUT2D eigenvalue weighted by Crippen LogP contribution is 2.31. The molecule has 1 atom stereocenters. The van der Waals surface area contributed by atoms with Crippen LogP contribution in [0.3, 0.4) is 0 Å². The highest BCUT2D eigenvalue weighted by molar-refractivity contribution is 5.99. The Labute approximate surface area is 171 Å². The van der Waals surface area contributed by atoms with Crippen molar-refractivity contribution >= 4 is 17.6 Å². The van der Waals surface area contributed by atoms with Gasteiger partial charge in [0.15, 0.2) is 6.61 Å². The van der Waals surface area contributed by atoms with Gasteiger partial charge in [0, 0.05) is 31.4 Å². The summed E-state index contributed by atoms with van der Waals surface area (Å²) in [5.41, 5.74) is 3.66. The largest absolute Gasteiger partial charge is 0.452 e. The maximum Gasteiger partial charge on any atom is 0.338 e. The van der Waals surface area contributed by atoms with Crippen LogP contribution in [-0.4, -0.2) is 55.7 Å². The molecule has 0 aromatic heterocycles. The second-order valence-corrected chi connectivity index (χ2v) is 7.61. The molecule has 0 N–H and O–H groups in total. The molecule has 2 aliphatic heterocycles. The van der Waals surface area contributed by atoms with E-state index in [0.29, 0.717) is 5.56 Å². The van der Waals surface area contributed by atoms with Gasteiger partial charge in [-0.05, 0) is 42.7 Å². The Bertz CT molecular complexity index is 875. The monoisotopic (exact) mass is 394 g/mol. The first-order valence-corrected chi connectivity index (χ1v) is 10.1. The fraction of sp³-hybridized carbons (Fsp3) is 0.391. The smallest absolute Gasteiger partial charge is 0.338 e. The number of anilines is 1. The van der Waals surface area contributed by atoms with Crippen LogP contribution in [0.1, 0.15) is 28.4 Å². The normalized spacial score (nSPS) is 19.1. The van der Waals surface area contributed by atoms with Crippen molar-refractivity contribution in [1.29, 1.82) is 0 Å². The van der Waals surface area contributed by atoms with Crippen molar-refractivity contribution in [2.24, 2.45) is 0 Å². The molecule has 2 aromatic carbocycles. The molecule has 0 bridgehead atoms. The summed E-state index contributed by atoms with van der Waals surface area (Å²) in [6.07, 6.45) is 0.820. The van der Waals surface area contributed by atoms with Crippen LogP contribution in [0.5, 0.6) is 0 Å². The Hall–Kier alpha value is -2.70. The zero-order valence-corrected chi connectivity index (χ0v) is 16.7. The average Bonchev–Trinajstić information content (AvgIpc) is 3.09. The third-order valence-electron chi connectivity index (χ3n) is 5.50. The molecule has 29 heavy (non-hydrogen) atoms. The summed E-state index contributed by atoms with van der Waals surface area (Å²) in [5, 5.41) is 0. The number of ether oxygens (including phenoxy) is 2. The second-order valence-electron chi connectivity index (χ2n) is 7.61. The molecule has 6 heteroatoms. The van der Waals surface area contributed by atoms with Crippen LogP contribution in [0.25, 0.3) is 0 Å². The number of carbonyl (C=O) groups is 2. The third kappa shape index (κ3) is 4.49. The minimum Gasteiger partial charge on any atom is -0.452 e. The van der Waals surface area contributed by atoms with Gasteiger partial charge in [0.05, 0.1) is 18.8 Å². The van der Waals surface area contributed by atoms with Gasteiger partial charge in [-0.2, -0.15) is 0 Å². The summed E-state index contributed by atoms with van der Waals surface area (Å²) < 4.78 is 10.7. The van der Waals surface area contributed by atoms with Gasteiger partial charge in [0.25, 0.3) is 5.91 Å². The number of esters is 1. The number of rotatable bonds is 5. The summed E-state index contributed by atoms with van der Waals surface area (Å²) >= 11 is 0. The Morgan fingerprint density at radius 3 is 2.55 bits per heavy atom. The van der Waals surface area contributed by atoms with Gasteiger partial charge in [0.1, 0.15) is 0 Å². The van der Waals surface area contributed by atoms with E-state index in [1.807, 2.05) is 43.3 Å². The predicted molar refractivity (Wildman–Crippen MR) is 110 cm³/mol. The van der Waals surface area contributed by atoms with Gasteiger partial charge in [-0.25, -0.2) is 4.79 Å². The lowest BCUT2D eigenvalue weighted by Crippen LogP contribution is -2.38. The molecule has 2 heterocycles. The highest BCUT2D eigenvalue weighted by atomic mass is 16.5. The number of para-hydroxylation sites is 1. The molecule has 0 saturated carbocycles. The average molecular weight is 394 g/mol. The molecular weight excluding hydrogens is 368 g/mol. The zero-order valence-electron chi connectivity index (χ0n) is 16.7. The molecule has 4 rings (SSSR count). The maximum atomic E-state index is 12.7. The Balaban J connectivity index is 1.32. The maximum absolute atomic E-state index is 12.7. The molecule has 0 radical (unpaired) electrons. The van der Waals surface area contributed by atoms with Crippen LogP contribution in [0.15, 0.2) is 48.5 Å². The minimum atomic E-state index is -0.476. The Morgan fingerprint density at radius 2 is 1.79 bits per heavy atom. The molecule has 0 unspecified atom stereocenters. The summed E-state index contributed by atoms with van der Waals surface area (Å²) in [6.45, 7) is 5.95. The van der Waals surface area contributed by atoms with E-state index >= 15 is 0 Å². The number of hydrogen-bond acceptors (Lipinski definition) is 5. The van der Waals surface area contributed by atoms with Crippen molar-refractivity contribution in [3.05, 3.63) is 65.2 Å². The van der Waals surface area contributed by atoms with E-state index in [1.165, 1.54) is 0 Å². The van der Waals surface area contributed by atoms with Crippen LogP contribution in [-0.2, 0) is 27.2 Å². The molecule has 0 spiro atoms. The van der Waals surface area contributed by atoms with Gasteiger partial charge in [-0.1, -0.05) is 30.3 Å². The molecule has 1 saturated heterocycles. The van der Waals surface area contributed by atoms with Crippen molar-refractivity contribution < 1.29 is 19.1 Å². The van der Waals surface area contributed by atoms with Crippen molar-refractivity contribution in [2.75, 3.05) is 37.8 Å². The quantitative estimate of drug-likeness (QED) is 0.730. The van der Waals surface area contributed by atoms with E-state index in [-0.39, 0.29) is 18.6 Å². The minimum absolute atomic E-state index is 0.0677. The van der Waals surface area contributed by atoms with Gasteiger partial charge in [-0.3, -0.25) is 9.69 Å². The van der Waals surface area contributed by atoms with Crippen molar-refractivity contribution in [3.63, 3.8) is 0 Å². The first-order chi connectivity index (χ1) is 14.1. The summed E-state index contributed by atoms with van der Waals surface area (Å²) in [4.78, 5) is 29.1. The van der Waals surface area contributed by atoms with Gasteiger partial charge >= 0.3 is 5.97 Å². The van der Waals surface area contributed by atoms with E-state index in [4.69, 9.17) is 9.47 Å². The topological polar surface area (TPSA) is 59.1 Å². The number of carbonyl (C=O) groups excluding carboxylic acids is 2. The van der Waals surface area contributed by atoms with Gasteiger partial charge in [-0.15, -0.1) is 0 Å². The predicted octanol–water partition coefficient (Wildman–Crippen LogP) is 2.65. The fourth-order valence-electron chi connectivity index (χ4n) is 3.99. The summed E-state index contributed by atoms with van der Waals surface area (Å²) in [7, 11) is 0. The standard InChI is InChI=1S/C23H26N2O4/c1-17-14-20-4-2-3-5-21(20)25(17)22(26)16-29-23(27)19-8-6-18(7-9-19)15-24-10-12-28-13-11-24/h2-9,17H,10-16H2,1H3/t17-/m1/s1. The molecule has 6 nitrogen and oxygen atoms in total. The lowest BCUT2D eigenvalue weighted by molar-refractivity contribution is -0.122. The van der Waals surface area contributed by atoms with Crippen LogP contribution in [0.4, 0.5) is 5.69 Å². The second kappa shape index (κ2) is 8.76. The molecule has 0 aliphatic carbocycles. The van der Waals surface area contributed by atoms with Crippen molar-refractivity contribution in [3.8, 4) is 0 Å². The molecule has 152 valence electrons. The molecule has 2 aromatic rings. The molecule has 1 fully saturated rings. The number of morpholine rings is 1. The lowest BCUT2D eigenvalue weighted by atomic mass is 10.1. The van der Waals surface area contributed by atoms with Crippen molar-refractivity contribution in [1.82, 2.24) is 4.90 Å². The lowest BCUT2D eigenvalue weighted by Gasteiger charge is -2.26. The van der Waals surface area contributed by atoms with E-state index in [0.717, 1.165) is 56.1 Å². The van der Waals surface area contributed by atoms with Crippen LogP contribution >= 0.6 is 0 Å². The summed E-state index contributed by atoms with van der Waals surface area (Å²) in [5.74, 6) is -0.670. The summed E-state index contributed by atoms with van der Waals surface area (Å²) in [6, 6.07) is 15.3. The first-order valence-electron chi connectivity index (χ1n) is 10.1. The number of amides is 1. The van der Waals surface area contributed by atoms with Crippen molar-refractivity contribution in [2.45, 2.75) is 25.9 Å². The Morgan fingerprint density at radius 1 is 1.07 bits per heavy atom. The SMILES string of the molecule is C[C@@H]1Cc2ccccc2N1C(=O)COC(=O)c1ccc(CN2CCOCC2)cc1. The zero-order chi connectivity index (χ0) is 20.2. The third-order valence-corrected chi connectivity index (χ3v) is 5.50. The fourth-order valence-corrected chi connectivity index (χ4v) is 3.99. The van der Waals surface area contributed by atoms with E-state index in [1.54, 1.807) is 17.0 Å². The van der Waals surface area contributed by atoms with E-state index in [2.05, 4.69) is 4.90 Å². The molecule has 1 amide bonds. The number of fused-ring (bicyclic) bond motifs is 1. The van der Waals surface area contributed by atoms with Gasteiger partial charge in [0.2, 0.25) is 0 Å². The van der Waals surface area contributed by atoms with Crippen LogP contribution < -0.4 is 4.90 Å². The first kappa shape index (κ1) is 19.6. The number of benzene rings is 2. The van der Waals surface area contributed by atoms with Crippen LogP contribution in [0, 0.1) is 0 Å². The van der Waals surface area contributed by atoms with Gasteiger partial charge < -0.3 is 14.4 Å². The molecular formula is C23H26N2O4. The van der Waals surface area contributed by atoms with E-state index < -0.39 is 5.97 Å². The highest BCUT2D eigenvalue weighted by Gasteiger charge is 2.31. The number of nitrogens with zero attached hydrogens (tertiary/aromatic N) is 2. The number of hydrogen-bond donors (Lipinski definition) is 0. The van der Waals surface area contributed by atoms with E-state index in [9.17, 15) is 9.59 Å².